The second-order valence-electron chi connectivity index (χ2n) is 4.61. The molecule has 1 aliphatic rings. The molecule has 17 heavy (non-hydrogen) atoms. The standard InChI is InChI=1S/C12H20N4O/c1-8-6-16(7-11(4-13)17-8)12-5-14-9(2)10(3)15-12/h5,8,11H,4,6-7,13H2,1-3H3. The number of nitrogens with zero attached hydrogens (tertiary/aromatic N) is 3. The molecule has 0 aromatic carbocycles. The summed E-state index contributed by atoms with van der Waals surface area (Å²) in [4.78, 5) is 11.1. The molecule has 5 heteroatoms. The highest BCUT2D eigenvalue weighted by molar-refractivity contribution is 5.38. The van der Waals surface area contributed by atoms with Crippen molar-refractivity contribution in [2.24, 2.45) is 5.73 Å². The van der Waals surface area contributed by atoms with E-state index >= 15 is 0 Å². The van der Waals surface area contributed by atoms with Crippen LogP contribution in [0.4, 0.5) is 5.82 Å². The lowest BCUT2D eigenvalue weighted by Crippen LogP contribution is -2.49. The fourth-order valence-electron chi connectivity index (χ4n) is 2.04. The van der Waals surface area contributed by atoms with E-state index in [1.54, 1.807) is 0 Å². The second-order valence-corrected chi connectivity index (χ2v) is 4.61. The molecule has 1 saturated heterocycles. The van der Waals surface area contributed by atoms with Gasteiger partial charge in [-0.25, -0.2) is 4.98 Å². The highest BCUT2D eigenvalue weighted by Gasteiger charge is 2.25. The molecule has 0 saturated carbocycles. The molecular formula is C12H20N4O. The van der Waals surface area contributed by atoms with Crippen molar-refractivity contribution in [2.75, 3.05) is 24.5 Å². The molecule has 1 fully saturated rings. The Hall–Kier alpha value is -1.20. The van der Waals surface area contributed by atoms with Crippen molar-refractivity contribution in [2.45, 2.75) is 33.0 Å². The van der Waals surface area contributed by atoms with Crippen molar-refractivity contribution in [1.82, 2.24) is 9.97 Å². The molecule has 0 spiro atoms. The van der Waals surface area contributed by atoms with Gasteiger partial charge in [-0.05, 0) is 20.8 Å². The summed E-state index contributed by atoms with van der Waals surface area (Å²) in [6.07, 6.45) is 2.09. The van der Waals surface area contributed by atoms with Crippen LogP contribution >= 0.6 is 0 Å². The first-order valence-corrected chi connectivity index (χ1v) is 6.01. The zero-order valence-corrected chi connectivity index (χ0v) is 10.7. The third kappa shape index (κ3) is 2.73. The van der Waals surface area contributed by atoms with Crippen LogP contribution in [-0.2, 0) is 4.74 Å². The first-order chi connectivity index (χ1) is 8.10. The fraction of sp³-hybridized carbons (Fsp3) is 0.667. The second kappa shape index (κ2) is 4.98. The van der Waals surface area contributed by atoms with Crippen molar-refractivity contribution < 1.29 is 4.74 Å². The van der Waals surface area contributed by atoms with Gasteiger partial charge < -0.3 is 15.4 Å². The number of ether oxygens (including phenoxy) is 1. The molecule has 2 unspecified atom stereocenters. The van der Waals surface area contributed by atoms with Crippen molar-refractivity contribution in [3.05, 3.63) is 17.6 Å². The van der Waals surface area contributed by atoms with Gasteiger partial charge in [0.2, 0.25) is 0 Å². The molecule has 94 valence electrons. The molecule has 2 atom stereocenters. The van der Waals surface area contributed by atoms with Gasteiger partial charge in [-0.1, -0.05) is 0 Å². The largest absolute Gasteiger partial charge is 0.370 e. The Labute approximate surface area is 102 Å². The lowest BCUT2D eigenvalue weighted by molar-refractivity contribution is -0.0107. The SMILES string of the molecule is Cc1ncc(N2CC(C)OC(CN)C2)nc1C. The van der Waals surface area contributed by atoms with E-state index < -0.39 is 0 Å². The Bertz CT molecular complexity index is 396. The van der Waals surface area contributed by atoms with Gasteiger partial charge in [0.15, 0.2) is 0 Å². The van der Waals surface area contributed by atoms with Crippen LogP contribution in [0.15, 0.2) is 6.20 Å². The Kier molecular flexibility index (Phi) is 3.59. The summed E-state index contributed by atoms with van der Waals surface area (Å²) in [5.74, 6) is 0.918. The van der Waals surface area contributed by atoms with Crippen molar-refractivity contribution >= 4 is 5.82 Å². The molecule has 0 radical (unpaired) electrons. The lowest BCUT2D eigenvalue weighted by Gasteiger charge is -2.37. The van der Waals surface area contributed by atoms with Gasteiger partial charge in [-0.2, -0.15) is 0 Å². The summed E-state index contributed by atoms with van der Waals surface area (Å²) in [6, 6.07) is 0. The van der Waals surface area contributed by atoms with E-state index in [2.05, 4.69) is 21.8 Å². The first kappa shape index (κ1) is 12.3. The summed E-state index contributed by atoms with van der Waals surface area (Å²) in [7, 11) is 0. The van der Waals surface area contributed by atoms with E-state index in [0.717, 1.165) is 30.3 Å². The monoisotopic (exact) mass is 236 g/mol. The van der Waals surface area contributed by atoms with Gasteiger partial charge in [-0.15, -0.1) is 0 Å². The van der Waals surface area contributed by atoms with Crippen LogP contribution in [0.3, 0.4) is 0 Å². The van der Waals surface area contributed by atoms with Crippen molar-refractivity contribution in [1.29, 1.82) is 0 Å². The Morgan fingerprint density at radius 1 is 1.41 bits per heavy atom. The number of hydrogen-bond donors (Lipinski definition) is 1. The van der Waals surface area contributed by atoms with Gasteiger partial charge in [-0.3, -0.25) is 4.98 Å². The smallest absolute Gasteiger partial charge is 0.147 e. The van der Waals surface area contributed by atoms with E-state index in [1.165, 1.54) is 0 Å². The Balaban J connectivity index is 2.17. The normalized spacial score (nSPS) is 25.1. The van der Waals surface area contributed by atoms with Gasteiger partial charge in [0.25, 0.3) is 0 Å². The average Bonchev–Trinajstić information content (AvgIpc) is 2.32. The van der Waals surface area contributed by atoms with Crippen molar-refractivity contribution in [3.8, 4) is 0 Å². The number of anilines is 1. The zero-order valence-electron chi connectivity index (χ0n) is 10.7. The van der Waals surface area contributed by atoms with Crippen molar-refractivity contribution in [3.63, 3.8) is 0 Å². The molecular weight excluding hydrogens is 216 g/mol. The van der Waals surface area contributed by atoms with Gasteiger partial charge >= 0.3 is 0 Å². The summed E-state index contributed by atoms with van der Waals surface area (Å²) in [6.45, 7) is 8.18. The number of aromatic nitrogens is 2. The van der Waals surface area contributed by atoms with Gasteiger partial charge in [0.1, 0.15) is 5.82 Å². The molecule has 1 aromatic heterocycles. The molecule has 0 bridgehead atoms. The first-order valence-electron chi connectivity index (χ1n) is 6.01. The quantitative estimate of drug-likeness (QED) is 0.816. The number of nitrogens with two attached hydrogens (primary N) is 1. The Morgan fingerprint density at radius 3 is 2.82 bits per heavy atom. The lowest BCUT2D eigenvalue weighted by atomic mass is 10.2. The zero-order chi connectivity index (χ0) is 12.4. The summed E-state index contributed by atoms with van der Waals surface area (Å²) in [5.41, 5.74) is 7.63. The third-order valence-corrected chi connectivity index (χ3v) is 3.09. The highest BCUT2D eigenvalue weighted by atomic mass is 16.5. The summed E-state index contributed by atoms with van der Waals surface area (Å²) in [5, 5.41) is 0. The fourth-order valence-corrected chi connectivity index (χ4v) is 2.04. The van der Waals surface area contributed by atoms with Crippen LogP contribution in [0.25, 0.3) is 0 Å². The van der Waals surface area contributed by atoms with Crippen LogP contribution in [-0.4, -0.2) is 41.8 Å². The highest BCUT2D eigenvalue weighted by Crippen LogP contribution is 2.18. The van der Waals surface area contributed by atoms with Crippen LogP contribution in [0.2, 0.25) is 0 Å². The molecule has 0 amide bonds. The minimum absolute atomic E-state index is 0.0853. The van der Waals surface area contributed by atoms with Crippen LogP contribution in [0.5, 0.6) is 0 Å². The predicted octanol–water partition coefficient (Wildman–Crippen LogP) is 0.646. The molecule has 1 aliphatic heterocycles. The van der Waals surface area contributed by atoms with E-state index in [-0.39, 0.29) is 12.2 Å². The Morgan fingerprint density at radius 2 is 2.18 bits per heavy atom. The maximum atomic E-state index is 5.73. The average molecular weight is 236 g/mol. The predicted molar refractivity (Wildman–Crippen MR) is 67.1 cm³/mol. The van der Waals surface area contributed by atoms with E-state index in [4.69, 9.17) is 10.5 Å². The third-order valence-electron chi connectivity index (χ3n) is 3.09. The topological polar surface area (TPSA) is 64.3 Å². The molecule has 1 aromatic rings. The molecule has 2 rings (SSSR count). The van der Waals surface area contributed by atoms with Crippen LogP contribution in [0.1, 0.15) is 18.3 Å². The number of morpholine rings is 1. The maximum Gasteiger partial charge on any atom is 0.147 e. The van der Waals surface area contributed by atoms with E-state index in [9.17, 15) is 0 Å². The summed E-state index contributed by atoms with van der Waals surface area (Å²) >= 11 is 0. The van der Waals surface area contributed by atoms with Crippen LogP contribution in [0, 0.1) is 13.8 Å². The molecule has 2 N–H and O–H groups in total. The van der Waals surface area contributed by atoms with E-state index in [1.807, 2.05) is 20.0 Å². The molecule has 0 aliphatic carbocycles. The number of aryl methyl sites for hydroxylation is 2. The number of hydrogen-bond acceptors (Lipinski definition) is 5. The minimum Gasteiger partial charge on any atom is -0.370 e. The summed E-state index contributed by atoms with van der Waals surface area (Å²) < 4.78 is 5.73. The number of rotatable bonds is 2. The van der Waals surface area contributed by atoms with E-state index in [0.29, 0.717) is 6.54 Å². The van der Waals surface area contributed by atoms with Gasteiger partial charge in [0, 0.05) is 19.6 Å². The molecule has 2 heterocycles. The maximum absolute atomic E-state index is 5.73. The minimum atomic E-state index is 0.0853. The molecule has 5 nitrogen and oxygen atoms in total. The van der Waals surface area contributed by atoms with Gasteiger partial charge in [0.05, 0.1) is 29.8 Å². The van der Waals surface area contributed by atoms with Crippen LogP contribution < -0.4 is 10.6 Å².